The van der Waals surface area contributed by atoms with Crippen LogP contribution in [0.1, 0.15) is 24.2 Å². The molecular weight excluding hydrogens is 396 g/mol. The average molecular weight is 416 g/mol. The van der Waals surface area contributed by atoms with Crippen LogP contribution in [0.15, 0.2) is 77.4 Å². The number of rotatable bonds is 6. The number of aromatic nitrogens is 1. The quantitative estimate of drug-likeness (QED) is 0.434. The Balaban J connectivity index is 1.57. The molecule has 1 unspecified atom stereocenters. The molecule has 0 aliphatic heterocycles. The number of fused-ring (bicyclic) bond motifs is 1. The normalized spacial score (nSPS) is 11.8. The fraction of sp³-hybridized carbons (Fsp3) is 0.125. The summed E-state index contributed by atoms with van der Waals surface area (Å²) >= 11 is 0. The van der Waals surface area contributed by atoms with Crippen molar-refractivity contribution in [3.05, 3.63) is 84.1 Å². The number of ether oxygens (including phenoxy) is 1. The fourth-order valence-electron chi connectivity index (χ4n) is 3.32. The van der Waals surface area contributed by atoms with Crippen LogP contribution in [0.2, 0.25) is 0 Å². The van der Waals surface area contributed by atoms with E-state index in [2.05, 4.69) is 10.5 Å². The Morgan fingerprint density at radius 1 is 1.06 bits per heavy atom. The van der Waals surface area contributed by atoms with Crippen LogP contribution in [0, 0.1) is 0 Å². The first-order chi connectivity index (χ1) is 15.0. The van der Waals surface area contributed by atoms with E-state index >= 15 is 0 Å². The number of hydrogen-bond acceptors (Lipinski definition) is 5. The van der Waals surface area contributed by atoms with Gasteiger partial charge in [0.15, 0.2) is 5.58 Å². The highest BCUT2D eigenvalue weighted by Gasteiger charge is 2.15. The van der Waals surface area contributed by atoms with Gasteiger partial charge in [0.1, 0.15) is 6.10 Å². The van der Waals surface area contributed by atoms with Crippen LogP contribution in [0.4, 0.5) is 10.5 Å². The van der Waals surface area contributed by atoms with Gasteiger partial charge in [-0.1, -0.05) is 59.8 Å². The number of nitrogens with one attached hydrogen (secondary N) is 1. The topological polar surface area (TPSA) is 102 Å². The van der Waals surface area contributed by atoms with Gasteiger partial charge in [-0.2, -0.15) is 0 Å². The lowest BCUT2D eigenvalue weighted by Crippen LogP contribution is -2.16. The minimum atomic E-state index is -0.884. The molecule has 1 heterocycles. The summed E-state index contributed by atoms with van der Waals surface area (Å²) in [5.74, 6) is -0.884. The van der Waals surface area contributed by atoms with Crippen molar-refractivity contribution < 1.29 is 24.0 Å². The fourth-order valence-corrected chi connectivity index (χ4v) is 3.32. The van der Waals surface area contributed by atoms with E-state index in [4.69, 9.17) is 14.4 Å². The molecule has 31 heavy (non-hydrogen) atoms. The summed E-state index contributed by atoms with van der Waals surface area (Å²) in [4.78, 5) is 23.4. The molecule has 4 aromatic rings. The van der Waals surface area contributed by atoms with Crippen molar-refractivity contribution >= 4 is 28.7 Å². The minimum absolute atomic E-state index is 0.0420. The molecule has 0 fully saturated rings. The van der Waals surface area contributed by atoms with E-state index in [1.807, 2.05) is 48.5 Å². The Morgan fingerprint density at radius 2 is 1.81 bits per heavy atom. The van der Waals surface area contributed by atoms with Gasteiger partial charge in [-0.05, 0) is 41.3 Å². The van der Waals surface area contributed by atoms with Crippen molar-refractivity contribution in [3.8, 4) is 11.1 Å². The molecule has 0 aliphatic rings. The summed E-state index contributed by atoms with van der Waals surface area (Å²) in [7, 11) is 0. The lowest BCUT2D eigenvalue weighted by Gasteiger charge is -2.15. The second-order valence-electron chi connectivity index (χ2n) is 7.11. The number of carboxylic acids is 1. The van der Waals surface area contributed by atoms with Crippen LogP contribution >= 0.6 is 0 Å². The van der Waals surface area contributed by atoms with Gasteiger partial charge in [-0.25, -0.2) is 4.79 Å². The number of nitrogens with zero attached hydrogens (tertiary/aromatic N) is 1. The Kier molecular flexibility index (Phi) is 5.66. The molecule has 0 spiro atoms. The van der Waals surface area contributed by atoms with Gasteiger partial charge in [0, 0.05) is 0 Å². The van der Waals surface area contributed by atoms with Gasteiger partial charge in [0.25, 0.3) is 0 Å². The van der Waals surface area contributed by atoms with Gasteiger partial charge >= 0.3 is 12.1 Å². The Labute approximate surface area is 178 Å². The number of benzene rings is 3. The monoisotopic (exact) mass is 416 g/mol. The van der Waals surface area contributed by atoms with Crippen molar-refractivity contribution in [2.24, 2.45) is 0 Å². The second-order valence-corrected chi connectivity index (χ2v) is 7.11. The molecule has 0 bridgehead atoms. The highest BCUT2D eigenvalue weighted by molar-refractivity contribution is 6.00. The number of carbonyl (C=O) groups excluding carboxylic acids is 1. The predicted octanol–water partition coefficient (Wildman–Crippen LogP) is 5.43. The van der Waals surface area contributed by atoms with Gasteiger partial charge in [-0.15, -0.1) is 0 Å². The summed E-state index contributed by atoms with van der Waals surface area (Å²) in [5, 5.41) is 16.2. The van der Waals surface area contributed by atoms with E-state index in [-0.39, 0.29) is 6.42 Å². The second kappa shape index (κ2) is 8.71. The van der Waals surface area contributed by atoms with Crippen LogP contribution in [-0.4, -0.2) is 22.3 Å². The van der Waals surface area contributed by atoms with E-state index in [1.165, 1.54) is 6.20 Å². The number of aliphatic carboxylic acids is 1. The highest BCUT2D eigenvalue weighted by Crippen LogP contribution is 2.31. The van der Waals surface area contributed by atoms with E-state index in [9.17, 15) is 9.59 Å². The molecule has 1 atom stereocenters. The lowest BCUT2D eigenvalue weighted by atomic mass is 10.0. The molecule has 1 amide bonds. The molecule has 156 valence electrons. The third kappa shape index (κ3) is 4.72. The number of amides is 1. The van der Waals surface area contributed by atoms with Crippen molar-refractivity contribution in [1.29, 1.82) is 0 Å². The van der Waals surface area contributed by atoms with E-state index < -0.39 is 18.2 Å². The zero-order valence-electron chi connectivity index (χ0n) is 16.7. The molecule has 0 saturated carbocycles. The summed E-state index contributed by atoms with van der Waals surface area (Å²) in [6.07, 6.45) is 0.488. The zero-order chi connectivity index (χ0) is 21.8. The summed E-state index contributed by atoms with van der Waals surface area (Å²) in [6.45, 7) is 1.80. The largest absolute Gasteiger partial charge is 0.481 e. The number of hydrogen-bond donors (Lipinski definition) is 2. The van der Waals surface area contributed by atoms with Crippen molar-refractivity contribution in [1.82, 2.24) is 5.16 Å². The van der Waals surface area contributed by atoms with Crippen molar-refractivity contribution in [3.63, 3.8) is 0 Å². The van der Waals surface area contributed by atoms with E-state index in [0.717, 1.165) is 16.7 Å². The van der Waals surface area contributed by atoms with Crippen molar-refractivity contribution in [2.75, 3.05) is 5.32 Å². The molecule has 7 nitrogen and oxygen atoms in total. The third-order valence-corrected chi connectivity index (χ3v) is 4.91. The smallest absolute Gasteiger partial charge is 0.412 e. The molecule has 3 aromatic carbocycles. The van der Waals surface area contributed by atoms with Crippen LogP contribution in [-0.2, 0) is 16.0 Å². The first-order valence-corrected chi connectivity index (χ1v) is 9.72. The van der Waals surface area contributed by atoms with Crippen LogP contribution in [0.3, 0.4) is 0 Å². The Hall–Kier alpha value is -4.13. The van der Waals surface area contributed by atoms with Gasteiger partial charge < -0.3 is 14.4 Å². The Morgan fingerprint density at radius 3 is 2.52 bits per heavy atom. The molecule has 2 N–H and O–H groups in total. The molecule has 4 rings (SSSR count). The average Bonchev–Trinajstić information content (AvgIpc) is 3.23. The molecule has 1 aromatic heterocycles. The van der Waals surface area contributed by atoms with Crippen LogP contribution in [0.25, 0.3) is 22.1 Å². The standard InChI is InChI=1S/C24H20N2O5/c1-15(17-5-3-2-4-6-17)30-24(29)26-21-12-19(13-22-20(21)14-25-31-22)18-9-7-16(8-10-18)11-23(27)28/h2-10,12-15H,11H2,1H3,(H,26,29)(H,27,28). The third-order valence-electron chi connectivity index (χ3n) is 4.91. The van der Waals surface area contributed by atoms with Crippen molar-refractivity contribution in [2.45, 2.75) is 19.4 Å². The SMILES string of the molecule is CC(OC(=O)Nc1cc(-c2ccc(CC(=O)O)cc2)cc2oncc12)c1ccccc1. The minimum Gasteiger partial charge on any atom is -0.481 e. The predicted molar refractivity (Wildman–Crippen MR) is 116 cm³/mol. The number of anilines is 1. The maximum atomic E-state index is 12.5. The zero-order valence-corrected chi connectivity index (χ0v) is 16.7. The number of carbonyl (C=O) groups is 2. The van der Waals surface area contributed by atoms with Crippen LogP contribution < -0.4 is 5.32 Å². The van der Waals surface area contributed by atoms with E-state index in [1.54, 1.807) is 25.1 Å². The maximum Gasteiger partial charge on any atom is 0.412 e. The number of carboxylic acid groups (broad SMARTS) is 1. The van der Waals surface area contributed by atoms with Gasteiger partial charge in [0.05, 0.1) is 23.7 Å². The highest BCUT2D eigenvalue weighted by atomic mass is 16.6. The first-order valence-electron chi connectivity index (χ1n) is 9.72. The summed E-state index contributed by atoms with van der Waals surface area (Å²) in [6, 6.07) is 20.3. The van der Waals surface area contributed by atoms with E-state index in [0.29, 0.717) is 22.2 Å². The lowest BCUT2D eigenvalue weighted by molar-refractivity contribution is -0.136. The van der Waals surface area contributed by atoms with Crippen LogP contribution in [0.5, 0.6) is 0 Å². The van der Waals surface area contributed by atoms with Gasteiger partial charge in [-0.3, -0.25) is 10.1 Å². The summed E-state index contributed by atoms with van der Waals surface area (Å²) < 4.78 is 10.8. The molecule has 0 aliphatic carbocycles. The first kappa shape index (κ1) is 20.2. The molecular formula is C24H20N2O5. The molecule has 7 heteroatoms. The molecule has 0 saturated heterocycles. The van der Waals surface area contributed by atoms with Gasteiger partial charge in [0.2, 0.25) is 0 Å². The summed E-state index contributed by atoms with van der Waals surface area (Å²) in [5.41, 5.74) is 4.25. The maximum absolute atomic E-state index is 12.5. The Bertz CT molecular complexity index is 1220. The molecule has 0 radical (unpaired) electrons.